The van der Waals surface area contributed by atoms with Crippen LogP contribution in [0.15, 0.2) is 41.4 Å². The number of hydrogen-bond donors (Lipinski definition) is 2. The topological polar surface area (TPSA) is 118 Å². The number of carbonyl (C=O) groups is 2. The molecule has 3 rings (SSSR count). The van der Waals surface area contributed by atoms with Crippen LogP contribution in [-0.4, -0.2) is 57.4 Å². The molecule has 0 unspecified atom stereocenters. The highest BCUT2D eigenvalue weighted by Gasteiger charge is 2.29. The fourth-order valence-corrected chi connectivity index (χ4v) is 4.35. The number of likely N-dealkylation sites (tertiary alicyclic amines) is 1. The third-order valence-corrected chi connectivity index (χ3v) is 6.72. The summed E-state index contributed by atoms with van der Waals surface area (Å²) in [6, 6.07) is 7.95. The average Bonchev–Trinajstić information content (AvgIpc) is 2.79. The van der Waals surface area contributed by atoms with Crippen molar-refractivity contribution in [3.63, 3.8) is 0 Å². The lowest BCUT2D eigenvalue weighted by Crippen LogP contribution is -2.41. The summed E-state index contributed by atoms with van der Waals surface area (Å²) in [6.45, 7) is 2.72. The second kappa shape index (κ2) is 9.44. The Hall–Kier alpha value is -2.98. The Bertz CT molecular complexity index is 1060. The van der Waals surface area contributed by atoms with Crippen molar-refractivity contribution in [1.82, 2.24) is 14.6 Å². The number of carbonyl (C=O) groups excluding carboxylic acids is 2. The Balaban J connectivity index is 1.65. The summed E-state index contributed by atoms with van der Waals surface area (Å²) in [7, 11) is -1.12. The fraction of sp³-hybridized carbons (Fsp3) is 0.381. The van der Waals surface area contributed by atoms with Crippen LogP contribution in [0.25, 0.3) is 0 Å². The molecule has 0 aliphatic carbocycles. The summed E-state index contributed by atoms with van der Waals surface area (Å²) in [5.41, 5.74) is 1.26. The zero-order valence-corrected chi connectivity index (χ0v) is 18.5. The van der Waals surface area contributed by atoms with Crippen molar-refractivity contribution in [3.05, 3.63) is 47.7 Å². The van der Waals surface area contributed by atoms with Gasteiger partial charge in [-0.25, -0.2) is 18.1 Å². The molecule has 2 aromatic rings. The molecule has 0 saturated carbocycles. The van der Waals surface area contributed by atoms with Crippen molar-refractivity contribution in [2.75, 3.05) is 32.6 Å². The minimum Gasteiger partial charge on any atom is -0.495 e. The van der Waals surface area contributed by atoms with Gasteiger partial charge >= 0.3 is 0 Å². The molecule has 9 nitrogen and oxygen atoms in total. The first kappa shape index (κ1) is 22.7. The van der Waals surface area contributed by atoms with E-state index in [0.717, 1.165) is 5.56 Å². The highest BCUT2D eigenvalue weighted by atomic mass is 32.2. The van der Waals surface area contributed by atoms with Crippen molar-refractivity contribution in [2.45, 2.75) is 24.7 Å². The van der Waals surface area contributed by atoms with Gasteiger partial charge in [0.05, 0.1) is 7.11 Å². The minimum atomic E-state index is -3.78. The van der Waals surface area contributed by atoms with Crippen LogP contribution in [0.4, 0.5) is 5.82 Å². The molecule has 2 N–H and O–H groups in total. The maximum atomic E-state index is 12.9. The largest absolute Gasteiger partial charge is 0.495 e. The van der Waals surface area contributed by atoms with Gasteiger partial charge in [-0.2, -0.15) is 0 Å². The van der Waals surface area contributed by atoms with Gasteiger partial charge in [0, 0.05) is 30.8 Å². The second-order valence-electron chi connectivity index (χ2n) is 7.35. The Kier molecular flexibility index (Phi) is 6.91. The number of nitrogens with zero attached hydrogens (tertiary/aromatic N) is 2. The third-order valence-electron chi connectivity index (χ3n) is 5.28. The van der Waals surface area contributed by atoms with Crippen LogP contribution in [-0.2, 0) is 14.8 Å². The lowest BCUT2D eigenvalue weighted by atomic mass is 9.95. The molecule has 1 aliphatic heterocycles. The van der Waals surface area contributed by atoms with Crippen molar-refractivity contribution in [2.24, 2.45) is 5.92 Å². The highest BCUT2D eigenvalue weighted by molar-refractivity contribution is 7.89. The molecule has 1 fully saturated rings. The number of pyridine rings is 1. The number of amides is 2. The first-order chi connectivity index (χ1) is 14.7. The van der Waals surface area contributed by atoms with Gasteiger partial charge in [0.15, 0.2) is 0 Å². The quantitative estimate of drug-likeness (QED) is 0.699. The van der Waals surface area contributed by atoms with E-state index < -0.39 is 10.0 Å². The first-order valence-electron chi connectivity index (χ1n) is 9.89. The summed E-state index contributed by atoms with van der Waals surface area (Å²) in [5, 5.41) is 2.82. The standard InChI is InChI=1S/C21H26N4O5S/c1-14-4-7-19(23-13-14)24-20(26)15-8-10-25(11-9-15)21(27)16-5-6-17(30-3)18(12-16)31(28,29)22-2/h4-7,12-13,15,22H,8-11H2,1-3H3,(H,23,24,26). The average molecular weight is 447 g/mol. The van der Waals surface area contributed by atoms with Crippen LogP contribution in [0, 0.1) is 12.8 Å². The van der Waals surface area contributed by atoms with E-state index in [1.54, 1.807) is 17.2 Å². The van der Waals surface area contributed by atoms with Gasteiger partial charge in [-0.05, 0) is 56.6 Å². The van der Waals surface area contributed by atoms with Crippen molar-refractivity contribution in [1.29, 1.82) is 0 Å². The van der Waals surface area contributed by atoms with Crippen LogP contribution in [0.2, 0.25) is 0 Å². The van der Waals surface area contributed by atoms with E-state index in [2.05, 4.69) is 15.0 Å². The number of benzene rings is 1. The first-order valence-corrected chi connectivity index (χ1v) is 11.4. The van der Waals surface area contributed by atoms with Gasteiger partial charge in [0.1, 0.15) is 16.5 Å². The number of nitrogens with one attached hydrogen (secondary N) is 2. The number of aromatic nitrogens is 1. The molecule has 2 heterocycles. The van der Waals surface area contributed by atoms with Crippen LogP contribution < -0.4 is 14.8 Å². The fourth-order valence-electron chi connectivity index (χ4n) is 3.43. The molecule has 0 radical (unpaired) electrons. The lowest BCUT2D eigenvalue weighted by Gasteiger charge is -2.31. The van der Waals surface area contributed by atoms with Crippen LogP contribution in [0.5, 0.6) is 5.75 Å². The zero-order valence-electron chi connectivity index (χ0n) is 17.7. The normalized spacial score (nSPS) is 14.9. The second-order valence-corrected chi connectivity index (χ2v) is 9.20. The van der Waals surface area contributed by atoms with Crippen LogP contribution in [0.1, 0.15) is 28.8 Å². The van der Waals surface area contributed by atoms with Gasteiger partial charge in [-0.1, -0.05) is 6.07 Å². The number of anilines is 1. The maximum Gasteiger partial charge on any atom is 0.253 e. The van der Waals surface area contributed by atoms with E-state index in [1.165, 1.54) is 32.4 Å². The SMILES string of the molecule is CNS(=O)(=O)c1cc(C(=O)N2CCC(C(=O)Nc3ccc(C)cn3)CC2)ccc1OC. The van der Waals surface area contributed by atoms with Crippen molar-refractivity contribution >= 4 is 27.7 Å². The van der Waals surface area contributed by atoms with Crippen molar-refractivity contribution < 1.29 is 22.7 Å². The lowest BCUT2D eigenvalue weighted by molar-refractivity contribution is -0.121. The predicted octanol–water partition coefficient (Wildman–Crippen LogP) is 1.80. The Morgan fingerprint density at radius 1 is 1.16 bits per heavy atom. The Labute approximate surface area is 181 Å². The predicted molar refractivity (Wildman–Crippen MR) is 115 cm³/mol. The minimum absolute atomic E-state index is 0.0942. The van der Waals surface area contributed by atoms with Gasteiger partial charge in [-0.15, -0.1) is 0 Å². The number of sulfonamides is 1. The molecule has 1 saturated heterocycles. The van der Waals surface area contributed by atoms with Crippen LogP contribution >= 0.6 is 0 Å². The number of aryl methyl sites for hydroxylation is 1. The number of piperidine rings is 1. The molecular formula is C21H26N4O5S. The zero-order chi connectivity index (χ0) is 22.6. The molecule has 1 aromatic heterocycles. The molecule has 2 amide bonds. The van der Waals surface area contributed by atoms with Gasteiger partial charge in [-0.3, -0.25) is 9.59 Å². The molecule has 166 valence electrons. The number of methoxy groups -OCH3 is 1. The highest BCUT2D eigenvalue weighted by Crippen LogP contribution is 2.26. The molecule has 1 aliphatic rings. The summed E-state index contributed by atoms with van der Waals surface area (Å²) >= 11 is 0. The summed E-state index contributed by atoms with van der Waals surface area (Å²) in [6.07, 6.45) is 2.72. The summed E-state index contributed by atoms with van der Waals surface area (Å²) in [5.74, 6) is 0.0458. The van der Waals surface area contributed by atoms with E-state index in [0.29, 0.717) is 31.7 Å². The monoisotopic (exact) mass is 446 g/mol. The summed E-state index contributed by atoms with van der Waals surface area (Å²) in [4.78, 5) is 31.2. The smallest absolute Gasteiger partial charge is 0.253 e. The summed E-state index contributed by atoms with van der Waals surface area (Å²) < 4.78 is 31.9. The van der Waals surface area contributed by atoms with E-state index in [-0.39, 0.29) is 33.9 Å². The number of ether oxygens (including phenoxy) is 1. The Morgan fingerprint density at radius 2 is 1.87 bits per heavy atom. The Morgan fingerprint density at radius 3 is 2.45 bits per heavy atom. The van der Waals surface area contributed by atoms with E-state index in [1.807, 2.05) is 13.0 Å². The van der Waals surface area contributed by atoms with Crippen LogP contribution in [0.3, 0.4) is 0 Å². The van der Waals surface area contributed by atoms with E-state index in [4.69, 9.17) is 4.74 Å². The van der Waals surface area contributed by atoms with Gasteiger partial charge in [0.2, 0.25) is 15.9 Å². The third kappa shape index (κ3) is 5.20. The van der Waals surface area contributed by atoms with Gasteiger partial charge < -0.3 is 15.0 Å². The maximum absolute atomic E-state index is 12.9. The van der Waals surface area contributed by atoms with Gasteiger partial charge in [0.25, 0.3) is 5.91 Å². The number of rotatable bonds is 6. The molecule has 31 heavy (non-hydrogen) atoms. The van der Waals surface area contributed by atoms with E-state index >= 15 is 0 Å². The molecule has 0 spiro atoms. The molecule has 1 aromatic carbocycles. The van der Waals surface area contributed by atoms with E-state index in [9.17, 15) is 18.0 Å². The number of hydrogen-bond acceptors (Lipinski definition) is 6. The molecule has 10 heteroatoms. The molecule has 0 bridgehead atoms. The molecule has 0 atom stereocenters. The van der Waals surface area contributed by atoms with Crippen molar-refractivity contribution in [3.8, 4) is 5.75 Å². The molecular weight excluding hydrogens is 420 g/mol.